The van der Waals surface area contributed by atoms with E-state index in [9.17, 15) is 14.4 Å². The summed E-state index contributed by atoms with van der Waals surface area (Å²) in [6, 6.07) is 19.0. The molecule has 0 bridgehead atoms. The van der Waals surface area contributed by atoms with Crippen molar-refractivity contribution in [2.45, 2.75) is 6.54 Å². The summed E-state index contributed by atoms with van der Waals surface area (Å²) in [6.07, 6.45) is 1.67. The largest absolute Gasteiger partial charge is 0.481 e. The highest BCUT2D eigenvalue weighted by Crippen LogP contribution is 2.35. The Labute approximate surface area is 197 Å². The Kier molecular flexibility index (Phi) is 6.62. The second kappa shape index (κ2) is 9.58. The zero-order valence-corrected chi connectivity index (χ0v) is 19.4. The molecule has 1 aliphatic heterocycles. The van der Waals surface area contributed by atoms with E-state index < -0.39 is 5.97 Å². The van der Waals surface area contributed by atoms with Crippen LogP contribution in [0, 0.1) is 0 Å². The molecular formula is C24H18BrNO5S. The molecule has 1 heterocycles. The van der Waals surface area contributed by atoms with Gasteiger partial charge in [0.25, 0.3) is 11.1 Å². The summed E-state index contributed by atoms with van der Waals surface area (Å²) in [5.74, 6) is -0.340. The molecule has 0 N–H and O–H groups in total. The summed E-state index contributed by atoms with van der Waals surface area (Å²) in [4.78, 5) is 38.2. The van der Waals surface area contributed by atoms with Crippen LogP contribution in [-0.2, 0) is 20.9 Å². The van der Waals surface area contributed by atoms with Crippen LogP contribution < -0.4 is 4.74 Å². The predicted molar refractivity (Wildman–Crippen MR) is 127 cm³/mol. The lowest BCUT2D eigenvalue weighted by molar-refractivity contribution is -0.142. The molecule has 1 aliphatic rings. The van der Waals surface area contributed by atoms with Crippen molar-refractivity contribution < 1.29 is 23.9 Å². The third-order valence-corrected chi connectivity index (χ3v) is 6.38. The molecule has 0 aliphatic carbocycles. The van der Waals surface area contributed by atoms with E-state index in [1.54, 1.807) is 24.3 Å². The van der Waals surface area contributed by atoms with Gasteiger partial charge in [-0.15, -0.1) is 0 Å². The minimum atomic E-state index is -0.485. The van der Waals surface area contributed by atoms with Crippen LogP contribution in [-0.4, -0.2) is 35.7 Å². The number of carbonyl (C=O) groups excluding carboxylic acids is 3. The van der Waals surface area contributed by atoms with Crippen molar-refractivity contribution in [3.05, 3.63) is 81.2 Å². The number of nitrogens with zero attached hydrogens (tertiary/aromatic N) is 1. The summed E-state index contributed by atoms with van der Waals surface area (Å²) >= 11 is 4.31. The number of amides is 2. The van der Waals surface area contributed by atoms with Crippen LogP contribution in [0.3, 0.4) is 0 Å². The number of benzene rings is 3. The number of thioether (sulfide) groups is 1. The van der Waals surface area contributed by atoms with Crippen LogP contribution in [0.5, 0.6) is 5.75 Å². The fourth-order valence-electron chi connectivity index (χ4n) is 3.23. The summed E-state index contributed by atoms with van der Waals surface area (Å²) in [5, 5.41) is 1.87. The molecule has 6 nitrogen and oxygen atoms in total. The van der Waals surface area contributed by atoms with E-state index in [-0.39, 0.29) is 24.3 Å². The van der Waals surface area contributed by atoms with Gasteiger partial charge in [0.1, 0.15) is 5.75 Å². The van der Waals surface area contributed by atoms with Gasteiger partial charge >= 0.3 is 5.97 Å². The van der Waals surface area contributed by atoms with E-state index in [1.165, 1.54) is 12.0 Å². The van der Waals surface area contributed by atoms with Crippen LogP contribution >= 0.6 is 27.7 Å². The molecule has 0 spiro atoms. The molecule has 0 unspecified atom stereocenters. The number of imide groups is 1. The lowest BCUT2D eigenvalue weighted by Gasteiger charge is -2.13. The van der Waals surface area contributed by atoms with Gasteiger partial charge in [0.05, 0.1) is 23.0 Å². The molecule has 0 aromatic heterocycles. The number of ether oxygens (including phenoxy) is 2. The number of methoxy groups -OCH3 is 1. The molecular weight excluding hydrogens is 494 g/mol. The molecule has 2 amide bonds. The van der Waals surface area contributed by atoms with Crippen molar-refractivity contribution in [2.24, 2.45) is 0 Å². The predicted octanol–water partition coefficient (Wildman–Crippen LogP) is 5.39. The van der Waals surface area contributed by atoms with E-state index in [0.717, 1.165) is 33.7 Å². The van der Waals surface area contributed by atoms with Crippen LogP contribution in [0.15, 0.2) is 70.0 Å². The minimum absolute atomic E-state index is 0.206. The SMILES string of the molecule is COC(=O)COc1ccc(/C=C2\SC(=O)N(Cc3ccc4ccccc4c3)C2=O)cc1Br. The maximum atomic E-state index is 12.9. The molecule has 1 fully saturated rings. The fourth-order valence-corrected chi connectivity index (χ4v) is 4.58. The van der Waals surface area contributed by atoms with Gasteiger partial charge in [0.2, 0.25) is 0 Å². The summed E-state index contributed by atoms with van der Waals surface area (Å²) < 4.78 is 10.6. The van der Waals surface area contributed by atoms with Crippen molar-refractivity contribution in [3.63, 3.8) is 0 Å². The standard InChI is InChI=1S/C24H18BrNO5S/c1-30-22(27)14-31-20-9-7-15(11-19(20)25)12-21-23(28)26(24(29)32-21)13-16-6-8-17-4-2-3-5-18(17)10-16/h2-12H,13-14H2,1H3/b21-12-. The maximum absolute atomic E-state index is 12.9. The summed E-state index contributed by atoms with van der Waals surface area (Å²) in [5.41, 5.74) is 1.61. The smallest absolute Gasteiger partial charge is 0.343 e. The zero-order chi connectivity index (χ0) is 22.7. The van der Waals surface area contributed by atoms with Crippen LogP contribution in [0.25, 0.3) is 16.8 Å². The Balaban J connectivity index is 1.49. The molecule has 1 saturated heterocycles. The van der Waals surface area contributed by atoms with Crippen LogP contribution in [0.1, 0.15) is 11.1 Å². The molecule has 3 aromatic rings. The lowest BCUT2D eigenvalue weighted by atomic mass is 10.1. The van der Waals surface area contributed by atoms with Crippen LogP contribution in [0.2, 0.25) is 0 Å². The van der Waals surface area contributed by atoms with E-state index in [1.807, 2.05) is 42.5 Å². The number of esters is 1. The average molecular weight is 512 g/mol. The average Bonchev–Trinajstić information content (AvgIpc) is 3.05. The van der Waals surface area contributed by atoms with Crippen molar-refractivity contribution in [2.75, 3.05) is 13.7 Å². The monoisotopic (exact) mass is 511 g/mol. The maximum Gasteiger partial charge on any atom is 0.343 e. The Morgan fingerprint density at radius 1 is 1.06 bits per heavy atom. The first-order valence-electron chi connectivity index (χ1n) is 9.67. The molecule has 3 aromatic carbocycles. The molecule has 4 rings (SSSR count). The fraction of sp³-hybridized carbons (Fsp3) is 0.125. The van der Waals surface area contributed by atoms with Crippen molar-refractivity contribution in [1.29, 1.82) is 0 Å². The van der Waals surface area contributed by atoms with Gasteiger partial charge in [-0.1, -0.05) is 42.5 Å². The minimum Gasteiger partial charge on any atom is -0.481 e. The van der Waals surface area contributed by atoms with Gasteiger partial charge < -0.3 is 9.47 Å². The topological polar surface area (TPSA) is 72.9 Å². The second-order valence-corrected chi connectivity index (χ2v) is 8.85. The van der Waals surface area contributed by atoms with Gasteiger partial charge in [-0.3, -0.25) is 14.5 Å². The Hall–Kier alpha value is -3.10. The van der Waals surface area contributed by atoms with Crippen molar-refractivity contribution >= 4 is 61.7 Å². The second-order valence-electron chi connectivity index (χ2n) is 7.00. The van der Waals surface area contributed by atoms with E-state index in [2.05, 4.69) is 20.7 Å². The van der Waals surface area contributed by atoms with Crippen LogP contribution in [0.4, 0.5) is 4.79 Å². The van der Waals surface area contributed by atoms with E-state index in [4.69, 9.17) is 4.74 Å². The quantitative estimate of drug-likeness (QED) is 0.326. The molecule has 8 heteroatoms. The first-order chi connectivity index (χ1) is 15.4. The molecule has 0 atom stereocenters. The normalized spacial score (nSPS) is 14.9. The van der Waals surface area contributed by atoms with Gasteiger partial charge in [-0.05, 0) is 73.9 Å². The van der Waals surface area contributed by atoms with Crippen molar-refractivity contribution in [1.82, 2.24) is 4.90 Å². The first-order valence-corrected chi connectivity index (χ1v) is 11.3. The van der Waals surface area contributed by atoms with Crippen molar-refractivity contribution in [3.8, 4) is 5.75 Å². The molecule has 32 heavy (non-hydrogen) atoms. The summed E-state index contributed by atoms with van der Waals surface area (Å²) in [6.45, 7) is 0.0128. The van der Waals surface area contributed by atoms with Gasteiger partial charge in [-0.25, -0.2) is 4.79 Å². The Morgan fingerprint density at radius 2 is 1.84 bits per heavy atom. The Bertz CT molecular complexity index is 1260. The third-order valence-electron chi connectivity index (χ3n) is 4.86. The number of hydrogen-bond acceptors (Lipinski definition) is 6. The highest BCUT2D eigenvalue weighted by molar-refractivity contribution is 9.10. The molecule has 0 radical (unpaired) electrons. The number of carbonyl (C=O) groups is 3. The number of fused-ring (bicyclic) bond motifs is 1. The van der Waals surface area contributed by atoms with Gasteiger partial charge in [-0.2, -0.15) is 0 Å². The first kappa shape index (κ1) is 22.1. The van der Waals surface area contributed by atoms with E-state index in [0.29, 0.717) is 15.1 Å². The van der Waals surface area contributed by atoms with Gasteiger partial charge in [0, 0.05) is 0 Å². The number of halogens is 1. The lowest BCUT2D eigenvalue weighted by Crippen LogP contribution is -2.27. The summed E-state index contributed by atoms with van der Waals surface area (Å²) in [7, 11) is 1.29. The highest BCUT2D eigenvalue weighted by Gasteiger charge is 2.35. The van der Waals surface area contributed by atoms with E-state index >= 15 is 0 Å². The number of rotatable bonds is 6. The third kappa shape index (κ3) is 4.87. The highest BCUT2D eigenvalue weighted by atomic mass is 79.9. The molecule has 0 saturated carbocycles. The molecule has 162 valence electrons. The Morgan fingerprint density at radius 3 is 2.59 bits per heavy atom. The zero-order valence-electron chi connectivity index (χ0n) is 17.0. The number of hydrogen-bond donors (Lipinski definition) is 0. The van der Waals surface area contributed by atoms with Gasteiger partial charge in [0.15, 0.2) is 6.61 Å².